The lowest BCUT2D eigenvalue weighted by molar-refractivity contribution is 0.0207. The molecule has 3 atom stereocenters. The van der Waals surface area contributed by atoms with Gasteiger partial charge in [-0.3, -0.25) is 4.90 Å². The minimum absolute atomic E-state index is 0.155. The third-order valence-electron chi connectivity index (χ3n) is 8.00. The zero-order valence-corrected chi connectivity index (χ0v) is 21.7. The van der Waals surface area contributed by atoms with Gasteiger partial charge in [0, 0.05) is 19.1 Å². The number of nitrogens with zero attached hydrogens (tertiary/aromatic N) is 3. The van der Waals surface area contributed by atoms with Crippen molar-refractivity contribution in [2.45, 2.75) is 44.5 Å². The van der Waals surface area contributed by atoms with E-state index in [-0.39, 0.29) is 5.92 Å². The molecular formula is C34H35N3O. The molecule has 0 saturated carbocycles. The van der Waals surface area contributed by atoms with Gasteiger partial charge in [0.15, 0.2) is 0 Å². The van der Waals surface area contributed by atoms with E-state index in [2.05, 4.69) is 107 Å². The second kappa shape index (κ2) is 11.3. The van der Waals surface area contributed by atoms with Crippen molar-refractivity contribution in [2.24, 2.45) is 5.92 Å². The van der Waals surface area contributed by atoms with Gasteiger partial charge in [-0.25, -0.2) is 4.98 Å². The number of benzene rings is 4. The monoisotopic (exact) mass is 501 g/mol. The number of hydrogen-bond acceptors (Lipinski definition) is 3. The maximum absolute atomic E-state index is 11.9. The summed E-state index contributed by atoms with van der Waals surface area (Å²) in [5, 5.41) is 11.9. The van der Waals surface area contributed by atoms with E-state index in [1.165, 1.54) is 16.7 Å². The highest BCUT2D eigenvalue weighted by Gasteiger charge is 2.35. The van der Waals surface area contributed by atoms with E-state index < -0.39 is 6.10 Å². The van der Waals surface area contributed by atoms with Crippen molar-refractivity contribution in [1.82, 2.24) is 14.5 Å². The lowest BCUT2D eigenvalue weighted by atomic mass is 9.83. The molecule has 4 nitrogen and oxygen atoms in total. The molecule has 0 spiro atoms. The molecule has 4 aromatic carbocycles. The zero-order chi connectivity index (χ0) is 25.7. The lowest BCUT2D eigenvalue weighted by Gasteiger charge is -2.41. The molecule has 5 aromatic rings. The molecule has 192 valence electrons. The van der Waals surface area contributed by atoms with Crippen LogP contribution in [-0.4, -0.2) is 32.1 Å². The van der Waals surface area contributed by atoms with Crippen LogP contribution in [0.3, 0.4) is 0 Å². The minimum Gasteiger partial charge on any atom is -0.385 e. The first-order valence-corrected chi connectivity index (χ1v) is 13.7. The molecule has 0 aliphatic carbocycles. The normalized spacial score (nSPS) is 19.0. The summed E-state index contributed by atoms with van der Waals surface area (Å²) < 4.78 is 2.22. The van der Waals surface area contributed by atoms with E-state index in [9.17, 15) is 5.11 Å². The number of fused-ring (bicyclic) bond motifs is 1. The van der Waals surface area contributed by atoms with Crippen molar-refractivity contribution in [3.63, 3.8) is 0 Å². The van der Waals surface area contributed by atoms with Gasteiger partial charge in [-0.1, -0.05) is 103 Å². The van der Waals surface area contributed by atoms with Crippen molar-refractivity contribution in [2.75, 3.05) is 6.54 Å². The maximum Gasteiger partial charge on any atom is 0.139 e. The molecule has 1 saturated heterocycles. The predicted octanol–water partition coefficient (Wildman–Crippen LogP) is 6.64. The van der Waals surface area contributed by atoms with Gasteiger partial charge in [0.1, 0.15) is 11.9 Å². The predicted molar refractivity (Wildman–Crippen MR) is 154 cm³/mol. The van der Waals surface area contributed by atoms with Gasteiger partial charge in [-0.05, 0) is 60.5 Å². The van der Waals surface area contributed by atoms with Crippen molar-refractivity contribution in [1.29, 1.82) is 0 Å². The highest BCUT2D eigenvalue weighted by Crippen LogP contribution is 2.36. The minimum atomic E-state index is -0.608. The van der Waals surface area contributed by atoms with Crippen LogP contribution in [0.4, 0.5) is 0 Å². The number of likely N-dealkylation sites (tertiary alicyclic amines) is 1. The number of aliphatic hydroxyl groups is 1. The maximum atomic E-state index is 11.9. The fourth-order valence-corrected chi connectivity index (χ4v) is 6.00. The number of para-hydroxylation sites is 2. The van der Waals surface area contributed by atoms with E-state index in [1.54, 1.807) is 0 Å². The van der Waals surface area contributed by atoms with Crippen LogP contribution in [0.2, 0.25) is 0 Å². The van der Waals surface area contributed by atoms with Crippen LogP contribution >= 0.6 is 0 Å². The molecule has 38 heavy (non-hydrogen) atoms. The Balaban J connectivity index is 1.28. The summed E-state index contributed by atoms with van der Waals surface area (Å²) in [6.07, 6.45) is 2.27. The van der Waals surface area contributed by atoms with Crippen LogP contribution in [0.1, 0.15) is 41.5 Å². The smallest absolute Gasteiger partial charge is 0.139 e. The van der Waals surface area contributed by atoms with Crippen LogP contribution in [0.25, 0.3) is 11.0 Å². The largest absolute Gasteiger partial charge is 0.385 e. The van der Waals surface area contributed by atoms with Gasteiger partial charge < -0.3 is 9.67 Å². The van der Waals surface area contributed by atoms with E-state index in [1.807, 2.05) is 18.2 Å². The molecule has 6 rings (SSSR count). The first kappa shape index (κ1) is 24.6. The Morgan fingerprint density at radius 2 is 1.29 bits per heavy atom. The Kier molecular flexibility index (Phi) is 7.34. The lowest BCUT2D eigenvalue weighted by Crippen LogP contribution is -2.44. The van der Waals surface area contributed by atoms with Crippen molar-refractivity contribution in [3.8, 4) is 0 Å². The van der Waals surface area contributed by atoms with Crippen molar-refractivity contribution < 1.29 is 5.11 Å². The molecule has 1 fully saturated rings. The summed E-state index contributed by atoms with van der Waals surface area (Å²) in [4.78, 5) is 7.59. The van der Waals surface area contributed by atoms with Gasteiger partial charge in [0.05, 0.1) is 11.0 Å². The van der Waals surface area contributed by atoms with Crippen LogP contribution < -0.4 is 0 Å². The number of hydrogen-bond donors (Lipinski definition) is 1. The Morgan fingerprint density at radius 3 is 1.97 bits per heavy atom. The van der Waals surface area contributed by atoms with Gasteiger partial charge in [0.25, 0.3) is 0 Å². The van der Waals surface area contributed by atoms with E-state index in [4.69, 9.17) is 4.98 Å². The molecule has 1 aromatic heterocycles. The topological polar surface area (TPSA) is 41.3 Å². The molecule has 2 heterocycles. The Labute approximate surface area is 225 Å². The summed E-state index contributed by atoms with van der Waals surface area (Å²) in [5.41, 5.74) is 5.92. The number of imidazole rings is 1. The summed E-state index contributed by atoms with van der Waals surface area (Å²) in [5.74, 6) is 0.942. The Bertz CT molecular complexity index is 1450. The molecule has 0 radical (unpaired) electrons. The van der Waals surface area contributed by atoms with Crippen LogP contribution in [0.15, 0.2) is 115 Å². The van der Waals surface area contributed by atoms with E-state index in [0.29, 0.717) is 12.6 Å². The standard InChI is InChI=1S/C34H35N3O/c38-33(34-35-31-18-10-11-19-32(31)37(34)25-28-16-8-3-9-17-28)29-20-21-36(24-27-14-6-2-7-15-27)30(23-29)22-26-12-4-1-5-13-26/h1-19,29-30,33,38H,20-25H2. The average molecular weight is 502 g/mol. The first-order chi connectivity index (χ1) is 18.7. The van der Waals surface area contributed by atoms with E-state index >= 15 is 0 Å². The molecule has 0 amide bonds. The fourth-order valence-electron chi connectivity index (χ4n) is 6.00. The molecule has 1 aliphatic heterocycles. The van der Waals surface area contributed by atoms with Crippen LogP contribution in [0.5, 0.6) is 0 Å². The summed E-state index contributed by atoms with van der Waals surface area (Å²) in [6.45, 7) is 2.61. The number of aromatic nitrogens is 2. The quantitative estimate of drug-likeness (QED) is 0.259. The number of aliphatic hydroxyl groups excluding tert-OH is 1. The van der Waals surface area contributed by atoms with Crippen molar-refractivity contribution in [3.05, 3.63) is 138 Å². The molecular weight excluding hydrogens is 466 g/mol. The van der Waals surface area contributed by atoms with Crippen LogP contribution in [-0.2, 0) is 19.5 Å². The fraction of sp³-hybridized carbons (Fsp3) is 0.265. The van der Waals surface area contributed by atoms with Gasteiger partial charge in [0.2, 0.25) is 0 Å². The average Bonchev–Trinajstić information content (AvgIpc) is 3.33. The second-order valence-electron chi connectivity index (χ2n) is 10.6. The zero-order valence-electron chi connectivity index (χ0n) is 21.7. The Hall–Kier alpha value is -3.73. The summed E-state index contributed by atoms with van der Waals surface area (Å²) in [7, 11) is 0. The number of rotatable bonds is 8. The van der Waals surface area contributed by atoms with Gasteiger partial charge in [-0.2, -0.15) is 0 Å². The molecule has 1 aliphatic rings. The Morgan fingerprint density at radius 1 is 0.711 bits per heavy atom. The second-order valence-corrected chi connectivity index (χ2v) is 10.6. The number of piperidine rings is 1. The third kappa shape index (κ3) is 5.42. The summed E-state index contributed by atoms with van der Waals surface area (Å²) >= 11 is 0. The molecule has 0 bridgehead atoms. The SMILES string of the molecule is OC(c1nc2ccccc2n1Cc1ccccc1)C1CCN(Cc2ccccc2)C(Cc2ccccc2)C1. The van der Waals surface area contributed by atoms with Crippen LogP contribution in [0, 0.1) is 5.92 Å². The summed E-state index contributed by atoms with van der Waals surface area (Å²) in [6, 6.07) is 40.6. The highest BCUT2D eigenvalue weighted by atomic mass is 16.3. The van der Waals surface area contributed by atoms with E-state index in [0.717, 1.165) is 49.2 Å². The molecule has 3 unspecified atom stereocenters. The first-order valence-electron chi connectivity index (χ1n) is 13.7. The third-order valence-corrected chi connectivity index (χ3v) is 8.00. The highest BCUT2D eigenvalue weighted by molar-refractivity contribution is 5.76. The van der Waals surface area contributed by atoms with Gasteiger partial charge >= 0.3 is 0 Å². The van der Waals surface area contributed by atoms with Crippen molar-refractivity contribution >= 4 is 11.0 Å². The van der Waals surface area contributed by atoms with Gasteiger partial charge in [-0.15, -0.1) is 0 Å². The molecule has 4 heteroatoms. The molecule has 1 N–H and O–H groups in total.